The first-order valence-electron chi connectivity index (χ1n) is 9.52. The summed E-state index contributed by atoms with van der Waals surface area (Å²) in [5.41, 5.74) is 0.942. The second-order valence-electron chi connectivity index (χ2n) is 5.75. The molecule has 0 fully saturated rings. The van der Waals surface area contributed by atoms with Gasteiger partial charge in [0.1, 0.15) is 0 Å². The number of pyridine rings is 1. The van der Waals surface area contributed by atoms with Crippen LogP contribution < -0.4 is 15.4 Å². The van der Waals surface area contributed by atoms with Crippen molar-refractivity contribution in [2.24, 2.45) is 4.99 Å². The topological polar surface area (TPSA) is 78.9 Å². The van der Waals surface area contributed by atoms with Crippen LogP contribution >= 0.6 is 24.0 Å². The zero-order chi connectivity index (χ0) is 19.2. The summed E-state index contributed by atoms with van der Waals surface area (Å²) in [5, 5.41) is 6.42. The summed E-state index contributed by atoms with van der Waals surface area (Å²) in [6, 6.07) is 3.85. The van der Waals surface area contributed by atoms with E-state index in [0.29, 0.717) is 38.0 Å². The van der Waals surface area contributed by atoms with Crippen molar-refractivity contribution in [1.29, 1.82) is 0 Å². The third-order valence-corrected chi connectivity index (χ3v) is 3.79. The molecule has 0 aliphatic carbocycles. The zero-order valence-corrected chi connectivity index (χ0v) is 19.3. The van der Waals surface area contributed by atoms with Crippen LogP contribution in [-0.4, -0.2) is 54.5 Å². The monoisotopic (exact) mass is 491 g/mol. The SMILES string of the molecule is CCCOc1ncccc1CN=C(NCC)NCCC(=O)N(CC)CC.I. The molecule has 7 nitrogen and oxygen atoms in total. The molecule has 0 unspecified atom stereocenters. The third-order valence-electron chi connectivity index (χ3n) is 3.79. The Morgan fingerprint density at radius 1 is 1.22 bits per heavy atom. The van der Waals surface area contributed by atoms with Gasteiger partial charge in [-0.3, -0.25) is 4.79 Å². The molecule has 1 aromatic heterocycles. The van der Waals surface area contributed by atoms with Crippen LogP contribution in [0.3, 0.4) is 0 Å². The van der Waals surface area contributed by atoms with Gasteiger partial charge in [0.2, 0.25) is 11.8 Å². The zero-order valence-electron chi connectivity index (χ0n) is 17.0. The molecule has 154 valence electrons. The number of nitrogens with zero attached hydrogens (tertiary/aromatic N) is 3. The summed E-state index contributed by atoms with van der Waals surface area (Å²) in [4.78, 5) is 22.8. The van der Waals surface area contributed by atoms with Crippen molar-refractivity contribution in [3.63, 3.8) is 0 Å². The predicted molar refractivity (Wildman–Crippen MR) is 121 cm³/mol. The summed E-state index contributed by atoms with van der Waals surface area (Å²) in [5.74, 6) is 1.47. The van der Waals surface area contributed by atoms with Gasteiger partial charge in [0.15, 0.2) is 5.96 Å². The molecule has 27 heavy (non-hydrogen) atoms. The molecule has 0 atom stereocenters. The molecule has 0 saturated carbocycles. The van der Waals surface area contributed by atoms with Gasteiger partial charge in [-0.1, -0.05) is 13.0 Å². The maximum Gasteiger partial charge on any atom is 0.224 e. The highest BCUT2D eigenvalue weighted by atomic mass is 127. The summed E-state index contributed by atoms with van der Waals surface area (Å²) in [6.07, 6.45) is 3.11. The Hall–Kier alpha value is -1.58. The maximum atomic E-state index is 12.1. The molecule has 1 heterocycles. The number of amides is 1. The normalized spacial score (nSPS) is 10.7. The Kier molecular flexibility index (Phi) is 14.6. The number of hydrogen-bond acceptors (Lipinski definition) is 4. The lowest BCUT2D eigenvalue weighted by Crippen LogP contribution is -2.40. The number of rotatable bonds is 11. The number of nitrogens with one attached hydrogen (secondary N) is 2. The number of carbonyl (C=O) groups excluding carboxylic acids is 1. The molecule has 1 amide bonds. The Morgan fingerprint density at radius 3 is 2.59 bits per heavy atom. The van der Waals surface area contributed by atoms with Gasteiger partial charge in [-0.2, -0.15) is 0 Å². The van der Waals surface area contributed by atoms with Gasteiger partial charge >= 0.3 is 0 Å². The van der Waals surface area contributed by atoms with Crippen molar-refractivity contribution in [1.82, 2.24) is 20.5 Å². The fraction of sp³-hybridized carbons (Fsp3) is 0.632. The van der Waals surface area contributed by atoms with Crippen molar-refractivity contribution in [2.75, 3.05) is 32.8 Å². The van der Waals surface area contributed by atoms with E-state index in [1.807, 2.05) is 37.8 Å². The van der Waals surface area contributed by atoms with Gasteiger partial charge < -0.3 is 20.3 Å². The van der Waals surface area contributed by atoms with Crippen molar-refractivity contribution in [3.05, 3.63) is 23.9 Å². The predicted octanol–water partition coefficient (Wildman–Crippen LogP) is 2.80. The van der Waals surface area contributed by atoms with Gasteiger partial charge in [0.25, 0.3) is 0 Å². The molecule has 0 aromatic carbocycles. The van der Waals surface area contributed by atoms with Crippen LogP contribution in [0.15, 0.2) is 23.3 Å². The van der Waals surface area contributed by atoms with E-state index >= 15 is 0 Å². The summed E-state index contributed by atoms with van der Waals surface area (Å²) in [6.45, 7) is 11.9. The Balaban J connectivity index is 0.00000676. The van der Waals surface area contributed by atoms with E-state index in [-0.39, 0.29) is 29.9 Å². The minimum atomic E-state index is 0. The van der Waals surface area contributed by atoms with Crippen LogP contribution in [0.25, 0.3) is 0 Å². The number of ether oxygens (including phenoxy) is 1. The highest BCUT2D eigenvalue weighted by molar-refractivity contribution is 14.0. The van der Waals surface area contributed by atoms with Gasteiger partial charge in [0, 0.05) is 44.4 Å². The van der Waals surface area contributed by atoms with E-state index in [1.165, 1.54) is 0 Å². The molecule has 2 N–H and O–H groups in total. The molecule has 0 aliphatic rings. The molecule has 0 bridgehead atoms. The van der Waals surface area contributed by atoms with Gasteiger partial charge in [-0.05, 0) is 33.3 Å². The quantitative estimate of drug-likeness (QED) is 0.283. The summed E-state index contributed by atoms with van der Waals surface area (Å²) in [7, 11) is 0. The third kappa shape index (κ3) is 9.78. The Bertz CT molecular complexity index is 565. The summed E-state index contributed by atoms with van der Waals surface area (Å²) >= 11 is 0. The smallest absolute Gasteiger partial charge is 0.224 e. The number of aliphatic imine (C=N–C) groups is 1. The molecule has 0 spiro atoms. The second-order valence-corrected chi connectivity index (χ2v) is 5.75. The van der Waals surface area contributed by atoms with Gasteiger partial charge in [0.05, 0.1) is 13.2 Å². The van der Waals surface area contributed by atoms with Crippen LogP contribution in [0.5, 0.6) is 5.88 Å². The minimum absolute atomic E-state index is 0. The number of halogens is 1. The lowest BCUT2D eigenvalue weighted by Gasteiger charge is -2.19. The molecule has 1 aromatic rings. The Labute approximate surface area is 180 Å². The van der Waals surface area contributed by atoms with E-state index in [4.69, 9.17) is 4.74 Å². The average molecular weight is 491 g/mol. The molecule has 0 aliphatic heterocycles. The van der Waals surface area contributed by atoms with Crippen molar-refractivity contribution >= 4 is 35.8 Å². The van der Waals surface area contributed by atoms with Crippen LogP contribution in [0, 0.1) is 0 Å². The van der Waals surface area contributed by atoms with E-state index in [0.717, 1.165) is 31.6 Å². The molecular formula is C19H34IN5O2. The highest BCUT2D eigenvalue weighted by Gasteiger charge is 2.09. The van der Waals surface area contributed by atoms with Crippen molar-refractivity contribution in [2.45, 2.75) is 47.1 Å². The van der Waals surface area contributed by atoms with Crippen LogP contribution in [-0.2, 0) is 11.3 Å². The van der Waals surface area contributed by atoms with Crippen molar-refractivity contribution in [3.8, 4) is 5.88 Å². The van der Waals surface area contributed by atoms with Crippen LogP contribution in [0.4, 0.5) is 0 Å². The minimum Gasteiger partial charge on any atom is -0.477 e. The molecule has 0 radical (unpaired) electrons. The first kappa shape index (κ1) is 25.4. The van der Waals surface area contributed by atoms with E-state index < -0.39 is 0 Å². The van der Waals surface area contributed by atoms with Gasteiger partial charge in [-0.15, -0.1) is 24.0 Å². The lowest BCUT2D eigenvalue weighted by molar-refractivity contribution is -0.130. The molecule has 1 rings (SSSR count). The van der Waals surface area contributed by atoms with Crippen LogP contribution in [0.1, 0.15) is 46.1 Å². The maximum absolute atomic E-state index is 12.1. The Morgan fingerprint density at radius 2 is 1.96 bits per heavy atom. The number of aromatic nitrogens is 1. The molecular weight excluding hydrogens is 457 g/mol. The number of carbonyl (C=O) groups is 1. The standard InChI is InChI=1S/C19H33N5O2.HI/c1-5-14-26-18-16(10-9-12-21-18)15-23-19(20-6-2)22-13-11-17(25)24(7-3)8-4;/h9-10,12H,5-8,11,13-15H2,1-4H3,(H2,20,22,23);1H. The first-order chi connectivity index (χ1) is 12.7. The number of guanidine groups is 1. The highest BCUT2D eigenvalue weighted by Crippen LogP contribution is 2.15. The first-order valence-corrected chi connectivity index (χ1v) is 9.52. The molecule has 8 heteroatoms. The van der Waals surface area contributed by atoms with E-state index in [2.05, 4.69) is 27.5 Å². The van der Waals surface area contributed by atoms with Gasteiger partial charge in [-0.25, -0.2) is 9.98 Å². The fourth-order valence-electron chi connectivity index (χ4n) is 2.40. The molecule has 0 saturated heterocycles. The van der Waals surface area contributed by atoms with E-state index in [1.54, 1.807) is 6.20 Å². The summed E-state index contributed by atoms with van der Waals surface area (Å²) < 4.78 is 5.67. The fourth-order valence-corrected chi connectivity index (χ4v) is 2.40. The van der Waals surface area contributed by atoms with Crippen LogP contribution in [0.2, 0.25) is 0 Å². The average Bonchev–Trinajstić information content (AvgIpc) is 2.66. The largest absolute Gasteiger partial charge is 0.477 e. The lowest BCUT2D eigenvalue weighted by atomic mass is 10.3. The van der Waals surface area contributed by atoms with E-state index in [9.17, 15) is 4.79 Å². The number of hydrogen-bond donors (Lipinski definition) is 2. The second kappa shape index (κ2) is 15.5. The van der Waals surface area contributed by atoms with Crippen molar-refractivity contribution < 1.29 is 9.53 Å².